The third-order valence-electron chi connectivity index (χ3n) is 2.91. The highest BCUT2D eigenvalue weighted by Gasteiger charge is 2.14. The quantitative estimate of drug-likeness (QED) is 0.931. The van der Waals surface area contributed by atoms with E-state index in [0.29, 0.717) is 17.1 Å². The lowest BCUT2D eigenvalue weighted by atomic mass is 10.0. The zero-order valence-electron chi connectivity index (χ0n) is 11.0. The number of carboxylic acids is 1. The molecule has 104 valence electrons. The van der Waals surface area contributed by atoms with Crippen LogP contribution in [0.5, 0.6) is 11.5 Å². The van der Waals surface area contributed by atoms with Crippen molar-refractivity contribution in [2.75, 3.05) is 14.2 Å². The number of rotatable bonds is 4. The number of carboxylic acid groups (broad SMARTS) is 1. The Morgan fingerprint density at radius 1 is 1.05 bits per heavy atom. The van der Waals surface area contributed by atoms with Crippen molar-refractivity contribution in [1.82, 2.24) is 0 Å². The highest BCUT2D eigenvalue weighted by Crippen LogP contribution is 2.34. The summed E-state index contributed by atoms with van der Waals surface area (Å²) < 4.78 is 24.3. The number of methoxy groups -OCH3 is 2. The normalized spacial score (nSPS) is 10.2. The van der Waals surface area contributed by atoms with E-state index in [4.69, 9.17) is 14.6 Å². The molecule has 2 aromatic carbocycles. The second-order valence-electron chi connectivity index (χ2n) is 4.07. The van der Waals surface area contributed by atoms with E-state index < -0.39 is 11.8 Å². The van der Waals surface area contributed by atoms with Crippen LogP contribution in [0.3, 0.4) is 0 Å². The van der Waals surface area contributed by atoms with Crippen LogP contribution in [-0.4, -0.2) is 25.3 Å². The molecule has 0 aliphatic heterocycles. The number of aromatic carboxylic acids is 1. The first-order valence-corrected chi connectivity index (χ1v) is 5.82. The summed E-state index contributed by atoms with van der Waals surface area (Å²) in [7, 11) is 3.00. The first kappa shape index (κ1) is 13.9. The Labute approximate surface area is 115 Å². The zero-order chi connectivity index (χ0) is 14.7. The maximum atomic E-state index is 14.0. The number of hydrogen-bond donors (Lipinski definition) is 1. The molecule has 0 bridgehead atoms. The van der Waals surface area contributed by atoms with Gasteiger partial charge < -0.3 is 14.6 Å². The first-order valence-electron chi connectivity index (χ1n) is 5.82. The van der Waals surface area contributed by atoms with Crippen LogP contribution in [0.4, 0.5) is 4.39 Å². The van der Waals surface area contributed by atoms with Crippen molar-refractivity contribution in [3.8, 4) is 22.6 Å². The Morgan fingerprint density at radius 2 is 1.75 bits per heavy atom. The molecule has 0 unspecified atom stereocenters. The predicted molar refractivity (Wildman–Crippen MR) is 71.9 cm³/mol. The molecule has 2 rings (SSSR count). The zero-order valence-corrected chi connectivity index (χ0v) is 11.0. The largest absolute Gasteiger partial charge is 0.497 e. The van der Waals surface area contributed by atoms with Gasteiger partial charge in [-0.25, -0.2) is 9.18 Å². The molecule has 0 heterocycles. The Balaban J connectivity index is 2.53. The van der Waals surface area contributed by atoms with Crippen LogP contribution in [0.2, 0.25) is 0 Å². The van der Waals surface area contributed by atoms with Gasteiger partial charge in [0.1, 0.15) is 17.3 Å². The predicted octanol–water partition coefficient (Wildman–Crippen LogP) is 3.21. The fourth-order valence-electron chi connectivity index (χ4n) is 1.89. The van der Waals surface area contributed by atoms with Crippen LogP contribution in [-0.2, 0) is 0 Å². The Bertz CT molecular complexity index is 652. The highest BCUT2D eigenvalue weighted by atomic mass is 19.1. The van der Waals surface area contributed by atoms with E-state index >= 15 is 0 Å². The molecule has 0 aliphatic carbocycles. The molecular formula is C15H13FO4. The number of hydrogen-bond acceptors (Lipinski definition) is 3. The molecule has 0 saturated carbocycles. The summed E-state index contributed by atoms with van der Waals surface area (Å²) in [6.45, 7) is 0. The van der Waals surface area contributed by atoms with Crippen LogP contribution in [0.1, 0.15) is 10.4 Å². The molecular weight excluding hydrogens is 263 g/mol. The van der Waals surface area contributed by atoms with Gasteiger partial charge in [0, 0.05) is 17.2 Å². The average molecular weight is 276 g/mol. The lowest BCUT2D eigenvalue weighted by molar-refractivity contribution is 0.0696. The summed E-state index contributed by atoms with van der Waals surface area (Å²) >= 11 is 0. The average Bonchev–Trinajstić information content (AvgIpc) is 2.46. The van der Waals surface area contributed by atoms with E-state index in [9.17, 15) is 9.18 Å². The lowest BCUT2D eigenvalue weighted by Crippen LogP contribution is -1.98. The van der Waals surface area contributed by atoms with Crippen molar-refractivity contribution in [3.63, 3.8) is 0 Å². The molecule has 0 radical (unpaired) electrons. The van der Waals surface area contributed by atoms with Gasteiger partial charge in [0.25, 0.3) is 0 Å². The van der Waals surface area contributed by atoms with E-state index in [1.165, 1.54) is 26.4 Å². The smallest absolute Gasteiger partial charge is 0.335 e. The Hall–Kier alpha value is -2.56. The molecule has 0 amide bonds. The summed E-state index contributed by atoms with van der Waals surface area (Å²) in [5, 5.41) is 8.83. The Kier molecular flexibility index (Phi) is 3.89. The fraction of sp³-hybridized carbons (Fsp3) is 0.133. The minimum absolute atomic E-state index is 0.0984. The van der Waals surface area contributed by atoms with Crippen molar-refractivity contribution in [3.05, 3.63) is 47.8 Å². The molecule has 0 atom stereocenters. The van der Waals surface area contributed by atoms with Crippen molar-refractivity contribution in [2.24, 2.45) is 0 Å². The maximum absolute atomic E-state index is 14.0. The minimum Gasteiger partial charge on any atom is -0.497 e. The fourth-order valence-corrected chi connectivity index (χ4v) is 1.89. The monoisotopic (exact) mass is 276 g/mol. The van der Waals surface area contributed by atoms with E-state index in [-0.39, 0.29) is 11.1 Å². The van der Waals surface area contributed by atoms with E-state index in [0.717, 1.165) is 6.07 Å². The molecule has 0 spiro atoms. The standard InChI is InChI=1S/C15H13FO4/c1-19-10-4-6-12(14(8-10)20-2)11-5-3-9(15(17)18)7-13(11)16/h3-8H,1-2H3,(H,17,18). The van der Waals surface area contributed by atoms with Gasteiger partial charge in [-0.05, 0) is 24.3 Å². The van der Waals surface area contributed by atoms with Crippen molar-refractivity contribution in [1.29, 1.82) is 0 Å². The third-order valence-corrected chi connectivity index (χ3v) is 2.91. The summed E-state index contributed by atoms with van der Waals surface area (Å²) in [5.41, 5.74) is 0.705. The van der Waals surface area contributed by atoms with Crippen LogP contribution < -0.4 is 9.47 Å². The molecule has 0 saturated heterocycles. The van der Waals surface area contributed by atoms with E-state index in [1.54, 1.807) is 18.2 Å². The summed E-state index contributed by atoms with van der Waals surface area (Å²) in [6, 6.07) is 8.74. The van der Waals surface area contributed by atoms with Crippen LogP contribution in [0.15, 0.2) is 36.4 Å². The second kappa shape index (κ2) is 5.61. The summed E-state index contributed by atoms with van der Waals surface area (Å²) in [6.07, 6.45) is 0. The molecule has 1 N–H and O–H groups in total. The van der Waals surface area contributed by atoms with Gasteiger partial charge in [-0.15, -0.1) is 0 Å². The van der Waals surface area contributed by atoms with Gasteiger partial charge >= 0.3 is 5.97 Å². The molecule has 20 heavy (non-hydrogen) atoms. The lowest BCUT2D eigenvalue weighted by Gasteiger charge is -2.11. The van der Waals surface area contributed by atoms with Gasteiger partial charge in [0.15, 0.2) is 0 Å². The van der Waals surface area contributed by atoms with Gasteiger partial charge in [-0.2, -0.15) is 0 Å². The van der Waals surface area contributed by atoms with Crippen LogP contribution >= 0.6 is 0 Å². The third kappa shape index (κ3) is 2.56. The van der Waals surface area contributed by atoms with Gasteiger partial charge in [0.05, 0.1) is 19.8 Å². The summed E-state index contributed by atoms with van der Waals surface area (Å²) in [5.74, 6) is -0.745. The van der Waals surface area contributed by atoms with Crippen molar-refractivity contribution < 1.29 is 23.8 Å². The van der Waals surface area contributed by atoms with Crippen LogP contribution in [0, 0.1) is 5.82 Å². The van der Waals surface area contributed by atoms with Gasteiger partial charge in [0.2, 0.25) is 0 Å². The van der Waals surface area contributed by atoms with Crippen molar-refractivity contribution >= 4 is 5.97 Å². The van der Waals surface area contributed by atoms with Gasteiger partial charge in [-0.1, -0.05) is 6.07 Å². The minimum atomic E-state index is -1.17. The number of halogens is 1. The van der Waals surface area contributed by atoms with E-state index in [1.807, 2.05) is 0 Å². The molecule has 0 aliphatic rings. The molecule has 4 nitrogen and oxygen atoms in total. The number of ether oxygens (including phenoxy) is 2. The highest BCUT2D eigenvalue weighted by molar-refractivity contribution is 5.88. The van der Waals surface area contributed by atoms with Crippen molar-refractivity contribution in [2.45, 2.75) is 0 Å². The number of carbonyl (C=O) groups is 1. The van der Waals surface area contributed by atoms with Gasteiger partial charge in [-0.3, -0.25) is 0 Å². The summed E-state index contributed by atoms with van der Waals surface area (Å²) in [4.78, 5) is 10.8. The molecule has 5 heteroatoms. The molecule has 2 aromatic rings. The molecule has 0 fully saturated rings. The SMILES string of the molecule is COc1ccc(-c2ccc(C(=O)O)cc2F)c(OC)c1. The maximum Gasteiger partial charge on any atom is 0.335 e. The number of benzene rings is 2. The van der Waals surface area contributed by atoms with Crippen LogP contribution in [0.25, 0.3) is 11.1 Å². The second-order valence-corrected chi connectivity index (χ2v) is 4.07. The first-order chi connectivity index (χ1) is 9.56. The van der Waals surface area contributed by atoms with E-state index in [2.05, 4.69) is 0 Å². The topological polar surface area (TPSA) is 55.8 Å². The molecule has 0 aromatic heterocycles. The Morgan fingerprint density at radius 3 is 2.30 bits per heavy atom.